The molecule has 0 atom stereocenters. The number of benzene rings is 3. The van der Waals surface area contributed by atoms with Crippen molar-refractivity contribution in [3.63, 3.8) is 0 Å². The summed E-state index contributed by atoms with van der Waals surface area (Å²) in [7, 11) is -7.66. The lowest BCUT2D eigenvalue weighted by molar-refractivity contribution is -0.120. The number of nitrogens with zero attached hydrogens (tertiary/aromatic N) is 2. The van der Waals surface area contributed by atoms with E-state index in [0.29, 0.717) is 42.2 Å². The van der Waals surface area contributed by atoms with Gasteiger partial charge in [-0.2, -0.15) is 4.31 Å². The minimum absolute atomic E-state index is 0.0594. The lowest BCUT2D eigenvalue weighted by Crippen LogP contribution is -2.41. The third kappa shape index (κ3) is 5.64. The standard InChI is InChI=1S/C26H24Cl3N3O5S2/c27-19-2-6-22(7-3-19)38(34,35)32-14-11-17-1-5-21(16-24(17)32)30-26(33)18-9-12-31(13-10-18)39(36,37)25-15-20(28)4-8-23(25)29/h1-8,15-16,18H,9-14H2,(H,30,33). The maximum absolute atomic E-state index is 13.3. The highest BCUT2D eigenvalue weighted by Crippen LogP contribution is 2.36. The maximum atomic E-state index is 13.3. The Labute approximate surface area is 242 Å². The zero-order valence-electron chi connectivity index (χ0n) is 20.5. The quantitative estimate of drug-likeness (QED) is 0.392. The molecule has 13 heteroatoms. The molecule has 0 aromatic heterocycles. The van der Waals surface area contributed by atoms with E-state index in [1.54, 1.807) is 12.1 Å². The van der Waals surface area contributed by atoms with Crippen LogP contribution in [0.5, 0.6) is 0 Å². The van der Waals surface area contributed by atoms with Crippen LogP contribution in [-0.4, -0.2) is 46.7 Å². The van der Waals surface area contributed by atoms with E-state index in [4.69, 9.17) is 34.8 Å². The summed E-state index contributed by atoms with van der Waals surface area (Å²) in [6.07, 6.45) is 1.20. The number of hydrogen-bond acceptors (Lipinski definition) is 5. The van der Waals surface area contributed by atoms with E-state index in [-0.39, 0.29) is 38.8 Å². The van der Waals surface area contributed by atoms with E-state index in [9.17, 15) is 21.6 Å². The molecule has 1 saturated heterocycles. The van der Waals surface area contributed by atoms with Crippen LogP contribution < -0.4 is 9.62 Å². The van der Waals surface area contributed by atoms with Crippen LogP contribution in [-0.2, 0) is 31.3 Å². The molecule has 5 rings (SSSR count). The number of halogens is 3. The van der Waals surface area contributed by atoms with Crippen molar-refractivity contribution in [3.8, 4) is 0 Å². The smallest absolute Gasteiger partial charge is 0.264 e. The molecular weight excluding hydrogens is 605 g/mol. The van der Waals surface area contributed by atoms with Gasteiger partial charge in [0.2, 0.25) is 15.9 Å². The molecule has 8 nitrogen and oxygen atoms in total. The van der Waals surface area contributed by atoms with Gasteiger partial charge in [0.25, 0.3) is 10.0 Å². The van der Waals surface area contributed by atoms with Gasteiger partial charge in [0.1, 0.15) is 4.90 Å². The van der Waals surface area contributed by atoms with Gasteiger partial charge in [0.15, 0.2) is 0 Å². The Hall–Kier alpha value is -2.34. The summed E-state index contributed by atoms with van der Waals surface area (Å²) >= 11 is 18.0. The van der Waals surface area contributed by atoms with E-state index in [1.165, 1.54) is 51.1 Å². The van der Waals surface area contributed by atoms with Gasteiger partial charge in [-0.05, 0) is 79.4 Å². The summed E-state index contributed by atoms with van der Waals surface area (Å²) in [5.41, 5.74) is 1.85. The molecule has 0 spiro atoms. The largest absolute Gasteiger partial charge is 0.326 e. The molecular formula is C26H24Cl3N3O5S2. The molecule has 3 aromatic carbocycles. The van der Waals surface area contributed by atoms with Crippen molar-refractivity contribution in [1.29, 1.82) is 0 Å². The Morgan fingerprint density at radius 1 is 0.795 bits per heavy atom. The lowest BCUT2D eigenvalue weighted by atomic mass is 9.97. The molecule has 0 radical (unpaired) electrons. The molecule has 0 bridgehead atoms. The summed E-state index contributed by atoms with van der Waals surface area (Å²) in [4.78, 5) is 13.1. The number of amides is 1. The number of fused-ring (bicyclic) bond motifs is 1. The van der Waals surface area contributed by atoms with E-state index >= 15 is 0 Å². The molecule has 1 amide bonds. The van der Waals surface area contributed by atoms with Crippen LogP contribution in [0.2, 0.25) is 15.1 Å². The van der Waals surface area contributed by atoms with Gasteiger partial charge >= 0.3 is 0 Å². The molecule has 39 heavy (non-hydrogen) atoms. The number of anilines is 2. The summed E-state index contributed by atoms with van der Waals surface area (Å²) in [5, 5.41) is 3.67. The predicted molar refractivity (Wildman–Crippen MR) is 153 cm³/mol. The fraction of sp³-hybridized carbons (Fsp3) is 0.269. The third-order valence-corrected chi connectivity index (χ3v) is 11.6. The van der Waals surface area contributed by atoms with Crippen LogP contribution in [0.15, 0.2) is 70.5 Å². The monoisotopic (exact) mass is 627 g/mol. The second-order valence-corrected chi connectivity index (χ2v) is 14.4. The first-order chi connectivity index (χ1) is 18.5. The minimum atomic E-state index is -3.86. The Morgan fingerprint density at radius 2 is 1.46 bits per heavy atom. The van der Waals surface area contributed by atoms with E-state index < -0.39 is 26.0 Å². The van der Waals surface area contributed by atoms with Gasteiger partial charge in [0, 0.05) is 41.3 Å². The van der Waals surface area contributed by atoms with E-state index in [2.05, 4.69) is 5.32 Å². The average molecular weight is 629 g/mol. The van der Waals surface area contributed by atoms with Gasteiger partial charge in [0.05, 0.1) is 15.6 Å². The minimum Gasteiger partial charge on any atom is -0.326 e. The number of nitrogens with one attached hydrogen (secondary N) is 1. The number of carbonyl (C=O) groups is 1. The molecule has 3 aromatic rings. The molecule has 1 N–H and O–H groups in total. The zero-order valence-corrected chi connectivity index (χ0v) is 24.4. The maximum Gasteiger partial charge on any atom is 0.264 e. The van der Waals surface area contributed by atoms with Crippen LogP contribution >= 0.6 is 34.8 Å². The number of rotatable bonds is 6. The van der Waals surface area contributed by atoms with Crippen molar-refractivity contribution in [2.45, 2.75) is 29.1 Å². The molecule has 0 unspecified atom stereocenters. The molecule has 0 saturated carbocycles. The second-order valence-electron chi connectivity index (χ2n) is 9.37. The fourth-order valence-corrected chi connectivity index (χ4v) is 8.66. The number of sulfonamides is 2. The van der Waals surface area contributed by atoms with Gasteiger partial charge in [-0.25, -0.2) is 16.8 Å². The first kappa shape index (κ1) is 28.2. The van der Waals surface area contributed by atoms with Crippen molar-refractivity contribution >= 4 is 72.1 Å². The Bertz CT molecular complexity index is 1640. The number of hydrogen-bond donors (Lipinski definition) is 1. The fourth-order valence-electron chi connectivity index (χ4n) is 4.83. The first-order valence-electron chi connectivity index (χ1n) is 12.1. The van der Waals surface area contributed by atoms with Crippen LogP contribution in [0.3, 0.4) is 0 Å². The number of carbonyl (C=O) groups excluding carboxylic acids is 1. The Morgan fingerprint density at radius 3 is 2.15 bits per heavy atom. The average Bonchev–Trinajstić information content (AvgIpc) is 3.34. The second kappa shape index (κ2) is 10.9. The highest BCUT2D eigenvalue weighted by molar-refractivity contribution is 7.92. The van der Waals surface area contributed by atoms with Gasteiger partial charge in [-0.3, -0.25) is 9.10 Å². The van der Waals surface area contributed by atoms with Crippen molar-refractivity contribution < 1.29 is 21.6 Å². The van der Waals surface area contributed by atoms with Crippen LogP contribution in [0, 0.1) is 5.92 Å². The van der Waals surface area contributed by atoms with Gasteiger partial charge in [-0.15, -0.1) is 0 Å². The van der Waals surface area contributed by atoms with E-state index in [1.807, 2.05) is 6.07 Å². The normalized spacial score (nSPS) is 16.7. The summed E-state index contributed by atoms with van der Waals surface area (Å²) in [5.74, 6) is -0.661. The summed E-state index contributed by atoms with van der Waals surface area (Å²) in [6, 6.07) is 15.5. The van der Waals surface area contributed by atoms with Crippen LogP contribution in [0.4, 0.5) is 11.4 Å². The molecule has 206 valence electrons. The van der Waals surface area contributed by atoms with Crippen molar-refractivity contribution in [3.05, 3.63) is 81.3 Å². The zero-order chi connectivity index (χ0) is 27.9. The Kier molecular flexibility index (Phi) is 7.89. The van der Waals surface area contributed by atoms with Crippen LogP contribution in [0.25, 0.3) is 0 Å². The Balaban J connectivity index is 1.27. The van der Waals surface area contributed by atoms with Crippen molar-refractivity contribution in [2.75, 3.05) is 29.3 Å². The lowest BCUT2D eigenvalue weighted by Gasteiger charge is -2.30. The topological polar surface area (TPSA) is 104 Å². The number of piperidine rings is 1. The van der Waals surface area contributed by atoms with Crippen molar-refractivity contribution in [2.24, 2.45) is 5.92 Å². The molecule has 2 aliphatic rings. The third-order valence-electron chi connectivity index (χ3n) is 6.94. The van der Waals surface area contributed by atoms with Gasteiger partial charge < -0.3 is 5.32 Å². The van der Waals surface area contributed by atoms with Gasteiger partial charge in [-0.1, -0.05) is 40.9 Å². The highest BCUT2D eigenvalue weighted by Gasteiger charge is 2.34. The van der Waals surface area contributed by atoms with E-state index in [0.717, 1.165) is 5.56 Å². The van der Waals surface area contributed by atoms with Crippen molar-refractivity contribution in [1.82, 2.24) is 4.31 Å². The molecule has 2 heterocycles. The summed E-state index contributed by atoms with van der Waals surface area (Å²) in [6.45, 7) is 0.600. The molecule has 1 fully saturated rings. The predicted octanol–water partition coefficient (Wildman–Crippen LogP) is 5.44. The highest BCUT2D eigenvalue weighted by atomic mass is 35.5. The molecule has 2 aliphatic heterocycles. The molecule has 0 aliphatic carbocycles. The summed E-state index contributed by atoms with van der Waals surface area (Å²) < 4.78 is 55.4. The SMILES string of the molecule is O=C(Nc1ccc2c(c1)N(S(=O)(=O)c1ccc(Cl)cc1)CC2)C1CCN(S(=O)(=O)c2cc(Cl)ccc2Cl)CC1. The first-order valence-corrected chi connectivity index (χ1v) is 16.2. The van der Waals surface area contributed by atoms with Crippen LogP contribution in [0.1, 0.15) is 18.4 Å².